The van der Waals surface area contributed by atoms with Crippen molar-refractivity contribution in [1.82, 2.24) is 0 Å². The Morgan fingerprint density at radius 3 is 2.48 bits per heavy atom. The summed E-state index contributed by atoms with van der Waals surface area (Å²) < 4.78 is 13.0. The molecule has 0 aromatic heterocycles. The minimum atomic E-state index is -0.429. The summed E-state index contributed by atoms with van der Waals surface area (Å²) >= 11 is 2.25. The zero-order valence-electron chi connectivity index (χ0n) is 16.3. The molecule has 1 unspecified atom stereocenters. The number of hydrogen-bond acceptors (Lipinski definition) is 3. The molecule has 0 aliphatic carbocycles. The zero-order valence-corrected chi connectivity index (χ0v) is 18.4. The van der Waals surface area contributed by atoms with Crippen molar-refractivity contribution in [2.75, 3.05) is 18.1 Å². The Morgan fingerprint density at radius 2 is 1.85 bits per heavy atom. The molecule has 0 bridgehead atoms. The average molecular weight is 479 g/mol. The summed E-state index contributed by atoms with van der Waals surface area (Å²) in [5.74, 6) is 1.61. The van der Waals surface area contributed by atoms with Crippen molar-refractivity contribution in [3.63, 3.8) is 0 Å². The molecule has 1 heterocycles. The van der Waals surface area contributed by atoms with Crippen molar-refractivity contribution >= 4 is 34.2 Å². The molecule has 1 saturated heterocycles. The Kier molecular flexibility index (Phi) is 5.99. The first kappa shape index (κ1) is 20.0. The highest BCUT2D eigenvalue weighted by Gasteiger charge is 2.34. The van der Waals surface area contributed by atoms with Gasteiger partial charge in [0.25, 0.3) is 5.91 Å². The summed E-state index contributed by atoms with van der Waals surface area (Å²) in [4.78, 5) is 14.6. The van der Waals surface area contributed by atoms with Crippen LogP contribution in [0.1, 0.15) is 32.8 Å². The predicted molar refractivity (Wildman–Crippen MR) is 117 cm³/mol. The molecule has 3 rings (SSSR count). The van der Waals surface area contributed by atoms with Gasteiger partial charge in [-0.2, -0.15) is 0 Å². The van der Waals surface area contributed by atoms with Gasteiger partial charge in [-0.05, 0) is 83.0 Å². The summed E-state index contributed by atoms with van der Waals surface area (Å²) in [5.41, 5.74) is 2.04. The van der Waals surface area contributed by atoms with Crippen molar-refractivity contribution in [1.29, 1.82) is 0 Å². The quantitative estimate of drug-likeness (QED) is 0.553. The molecule has 0 radical (unpaired) electrons. The molecule has 2 aromatic carbocycles. The van der Waals surface area contributed by atoms with Crippen LogP contribution in [0.4, 0.5) is 5.69 Å². The van der Waals surface area contributed by atoms with Crippen LogP contribution < -0.4 is 14.4 Å². The number of halogens is 1. The first-order valence-electron chi connectivity index (χ1n) is 9.20. The molecule has 5 heteroatoms. The van der Waals surface area contributed by atoms with Gasteiger partial charge in [-0.1, -0.05) is 20.8 Å². The number of benzene rings is 2. The third-order valence-corrected chi connectivity index (χ3v) is 5.10. The van der Waals surface area contributed by atoms with Gasteiger partial charge in [0.1, 0.15) is 11.5 Å². The standard InChI is InChI=1S/C22H26INO3/c1-15-13-17(7-10-19(15)26-14-22(2,3)4)24-12-11-20(21(24)25)27-18-8-5-16(23)6-9-18/h5-10,13,20H,11-12,14H2,1-4H3. The molecule has 0 saturated carbocycles. The third kappa shape index (κ3) is 5.15. The highest BCUT2D eigenvalue weighted by atomic mass is 127. The van der Waals surface area contributed by atoms with Crippen LogP contribution >= 0.6 is 22.6 Å². The minimum Gasteiger partial charge on any atom is -0.493 e. The maximum atomic E-state index is 12.8. The number of aryl methyl sites for hydroxylation is 1. The summed E-state index contributed by atoms with van der Waals surface area (Å²) in [6.45, 7) is 9.77. The van der Waals surface area contributed by atoms with Gasteiger partial charge >= 0.3 is 0 Å². The Labute approximate surface area is 175 Å². The van der Waals surface area contributed by atoms with Gasteiger partial charge in [-0.15, -0.1) is 0 Å². The number of hydrogen-bond donors (Lipinski definition) is 0. The highest BCUT2D eigenvalue weighted by Crippen LogP contribution is 2.30. The van der Waals surface area contributed by atoms with Crippen LogP contribution in [0.25, 0.3) is 0 Å². The van der Waals surface area contributed by atoms with Gasteiger partial charge in [0, 0.05) is 22.2 Å². The van der Waals surface area contributed by atoms with Crippen LogP contribution in [-0.2, 0) is 4.79 Å². The molecule has 144 valence electrons. The summed E-state index contributed by atoms with van der Waals surface area (Å²) in [7, 11) is 0. The van der Waals surface area contributed by atoms with E-state index < -0.39 is 6.10 Å². The van der Waals surface area contributed by atoms with Crippen LogP contribution in [0.2, 0.25) is 0 Å². The normalized spacial score (nSPS) is 17.3. The maximum absolute atomic E-state index is 12.8. The van der Waals surface area contributed by atoms with E-state index in [1.165, 1.54) is 0 Å². The predicted octanol–water partition coefficient (Wildman–Crippen LogP) is 5.21. The van der Waals surface area contributed by atoms with Crippen molar-refractivity contribution in [3.8, 4) is 11.5 Å². The number of ether oxygens (including phenoxy) is 2. The highest BCUT2D eigenvalue weighted by molar-refractivity contribution is 14.1. The largest absolute Gasteiger partial charge is 0.493 e. The first-order valence-corrected chi connectivity index (χ1v) is 10.3. The lowest BCUT2D eigenvalue weighted by atomic mass is 9.98. The van der Waals surface area contributed by atoms with Gasteiger partial charge < -0.3 is 14.4 Å². The van der Waals surface area contributed by atoms with E-state index in [-0.39, 0.29) is 11.3 Å². The smallest absolute Gasteiger partial charge is 0.268 e. The van der Waals surface area contributed by atoms with Gasteiger partial charge in [0.05, 0.1) is 6.61 Å². The van der Waals surface area contributed by atoms with Crippen molar-refractivity contribution in [2.45, 2.75) is 40.2 Å². The van der Waals surface area contributed by atoms with Crippen molar-refractivity contribution < 1.29 is 14.3 Å². The summed E-state index contributed by atoms with van der Waals surface area (Å²) in [6.07, 6.45) is 0.258. The topological polar surface area (TPSA) is 38.8 Å². The number of nitrogens with zero attached hydrogens (tertiary/aromatic N) is 1. The molecule has 1 fully saturated rings. The summed E-state index contributed by atoms with van der Waals surface area (Å²) in [6, 6.07) is 13.7. The van der Waals surface area contributed by atoms with Crippen LogP contribution in [0.15, 0.2) is 42.5 Å². The molecule has 27 heavy (non-hydrogen) atoms. The van der Waals surface area contributed by atoms with Crippen molar-refractivity contribution in [2.24, 2.45) is 5.41 Å². The SMILES string of the molecule is Cc1cc(N2CCC(Oc3ccc(I)cc3)C2=O)ccc1OCC(C)(C)C. The average Bonchev–Trinajstić information content (AvgIpc) is 2.96. The monoisotopic (exact) mass is 479 g/mol. The van der Waals surface area contributed by atoms with Gasteiger partial charge in [0.15, 0.2) is 6.10 Å². The van der Waals surface area contributed by atoms with E-state index in [2.05, 4.69) is 43.4 Å². The van der Waals surface area contributed by atoms with Gasteiger partial charge in [0.2, 0.25) is 0 Å². The van der Waals surface area contributed by atoms with Crippen molar-refractivity contribution in [3.05, 3.63) is 51.6 Å². The molecule has 4 nitrogen and oxygen atoms in total. The second-order valence-corrected chi connectivity index (χ2v) is 9.38. The van der Waals surface area contributed by atoms with E-state index >= 15 is 0 Å². The lowest BCUT2D eigenvalue weighted by Crippen LogP contribution is -2.32. The van der Waals surface area contributed by atoms with Crippen LogP contribution in [-0.4, -0.2) is 25.2 Å². The Morgan fingerprint density at radius 1 is 1.15 bits per heavy atom. The second kappa shape index (κ2) is 8.09. The number of rotatable bonds is 5. The number of anilines is 1. The van der Waals surface area contributed by atoms with E-state index in [1.54, 1.807) is 4.90 Å². The molecular formula is C22H26INO3. The minimum absolute atomic E-state index is 0.0105. The summed E-state index contributed by atoms with van der Waals surface area (Å²) in [5, 5.41) is 0. The fourth-order valence-corrected chi connectivity index (χ4v) is 3.31. The lowest BCUT2D eigenvalue weighted by molar-refractivity contribution is -0.122. The second-order valence-electron chi connectivity index (χ2n) is 8.14. The van der Waals surface area contributed by atoms with Crippen LogP contribution in [0, 0.1) is 15.9 Å². The van der Waals surface area contributed by atoms with Gasteiger partial charge in [-0.3, -0.25) is 4.79 Å². The number of amides is 1. The number of carbonyl (C=O) groups excluding carboxylic acids is 1. The third-order valence-electron chi connectivity index (χ3n) is 4.38. The molecule has 1 aliphatic heterocycles. The Bertz CT molecular complexity index is 811. The Balaban J connectivity index is 1.67. The molecule has 1 amide bonds. The van der Waals surface area contributed by atoms with E-state index in [0.29, 0.717) is 19.6 Å². The maximum Gasteiger partial charge on any atom is 0.268 e. The van der Waals surface area contributed by atoms with Crippen LogP contribution in [0.3, 0.4) is 0 Å². The van der Waals surface area contributed by atoms with E-state index in [9.17, 15) is 4.79 Å². The zero-order chi connectivity index (χ0) is 19.6. The fourth-order valence-electron chi connectivity index (χ4n) is 2.95. The van der Waals surface area contributed by atoms with Crippen LogP contribution in [0.5, 0.6) is 11.5 Å². The number of carbonyl (C=O) groups is 1. The first-order chi connectivity index (χ1) is 12.7. The molecular weight excluding hydrogens is 453 g/mol. The molecule has 2 aromatic rings. The lowest BCUT2D eigenvalue weighted by Gasteiger charge is -2.22. The fraction of sp³-hybridized carbons (Fsp3) is 0.409. The van der Waals surface area contributed by atoms with E-state index in [4.69, 9.17) is 9.47 Å². The molecule has 0 N–H and O–H groups in total. The van der Waals surface area contributed by atoms with E-state index in [0.717, 1.165) is 26.3 Å². The molecule has 0 spiro atoms. The van der Waals surface area contributed by atoms with E-state index in [1.807, 2.05) is 49.4 Å². The molecule has 1 aliphatic rings. The molecule has 1 atom stereocenters. The van der Waals surface area contributed by atoms with Gasteiger partial charge in [-0.25, -0.2) is 0 Å². The Hall–Kier alpha value is -1.76.